The molecule has 0 saturated carbocycles. The molecule has 5 nitrogen and oxygen atoms in total. The van der Waals surface area contributed by atoms with E-state index in [0.717, 1.165) is 0 Å². The highest BCUT2D eigenvalue weighted by Gasteiger charge is 2.10. The minimum Gasteiger partial charge on any atom is -0.352 e. The standard InChI is InChI=1S/C12H15N3O2S/c1-3-13-11(17)9-6-4-5-7-10(9)15-12(18)14-8(2)16/h4-7H,3H2,1-2H3,(H,13,17)(H2,14,15,16,18). The van der Waals surface area contributed by atoms with E-state index in [-0.39, 0.29) is 16.9 Å². The predicted octanol–water partition coefficient (Wildman–Crippen LogP) is 1.27. The van der Waals surface area contributed by atoms with Gasteiger partial charge in [0.15, 0.2) is 5.11 Å². The van der Waals surface area contributed by atoms with Gasteiger partial charge in [-0.05, 0) is 31.3 Å². The Kier molecular flexibility index (Phi) is 5.26. The van der Waals surface area contributed by atoms with Gasteiger partial charge in [0.05, 0.1) is 11.3 Å². The average Bonchev–Trinajstić information content (AvgIpc) is 2.28. The van der Waals surface area contributed by atoms with Crippen molar-refractivity contribution in [2.24, 2.45) is 0 Å². The number of anilines is 1. The summed E-state index contributed by atoms with van der Waals surface area (Å²) in [7, 11) is 0. The number of hydrogen-bond acceptors (Lipinski definition) is 3. The molecule has 0 heterocycles. The van der Waals surface area contributed by atoms with Gasteiger partial charge < -0.3 is 16.0 Å². The molecule has 1 rings (SSSR count). The average molecular weight is 265 g/mol. The number of nitrogens with one attached hydrogen (secondary N) is 3. The summed E-state index contributed by atoms with van der Waals surface area (Å²) in [5, 5.41) is 8.13. The van der Waals surface area contributed by atoms with Gasteiger partial charge in [0.1, 0.15) is 0 Å². The van der Waals surface area contributed by atoms with Crippen LogP contribution in [0, 0.1) is 0 Å². The summed E-state index contributed by atoms with van der Waals surface area (Å²) in [5.41, 5.74) is 1.04. The molecule has 0 spiro atoms. The minimum absolute atomic E-state index is 0.166. The summed E-state index contributed by atoms with van der Waals surface area (Å²) in [6.45, 7) is 3.75. The molecule has 3 N–H and O–H groups in total. The van der Waals surface area contributed by atoms with Gasteiger partial charge >= 0.3 is 0 Å². The quantitative estimate of drug-likeness (QED) is 0.720. The van der Waals surface area contributed by atoms with Crippen LogP contribution in [0.15, 0.2) is 24.3 Å². The maximum absolute atomic E-state index is 11.8. The number of hydrogen-bond donors (Lipinski definition) is 3. The second-order valence-electron chi connectivity index (χ2n) is 3.54. The summed E-state index contributed by atoms with van der Waals surface area (Å²) in [5.74, 6) is -0.450. The Hall–Kier alpha value is -1.95. The van der Waals surface area contributed by atoms with Crippen LogP contribution in [0.1, 0.15) is 24.2 Å². The highest BCUT2D eigenvalue weighted by molar-refractivity contribution is 7.80. The second-order valence-corrected chi connectivity index (χ2v) is 3.95. The zero-order valence-electron chi connectivity index (χ0n) is 10.2. The van der Waals surface area contributed by atoms with Crippen LogP contribution in [0.4, 0.5) is 5.69 Å². The molecule has 0 saturated heterocycles. The Morgan fingerprint density at radius 1 is 1.28 bits per heavy atom. The summed E-state index contributed by atoms with van der Waals surface area (Å²) >= 11 is 4.95. The van der Waals surface area contributed by atoms with Gasteiger partial charge in [-0.1, -0.05) is 12.1 Å². The van der Waals surface area contributed by atoms with E-state index in [1.165, 1.54) is 6.92 Å². The molecule has 96 valence electrons. The normalized spacial score (nSPS) is 9.44. The first-order valence-electron chi connectivity index (χ1n) is 5.50. The Morgan fingerprint density at radius 3 is 2.56 bits per heavy atom. The highest BCUT2D eigenvalue weighted by atomic mass is 32.1. The third kappa shape index (κ3) is 4.14. The number of carbonyl (C=O) groups is 2. The van der Waals surface area contributed by atoms with E-state index in [0.29, 0.717) is 17.8 Å². The van der Waals surface area contributed by atoms with E-state index in [2.05, 4.69) is 16.0 Å². The predicted molar refractivity (Wildman–Crippen MR) is 74.5 cm³/mol. The van der Waals surface area contributed by atoms with Gasteiger partial charge in [0, 0.05) is 13.5 Å². The molecular formula is C12H15N3O2S. The number of carbonyl (C=O) groups excluding carboxylic acids is 2. The van der Waals surface area contributed by atoms with Crippen LogP contribution in [-0.4, -0.2) is 23.5 Å². The van der Waals surface area contributed by atoms with Crippen LogP contribution in [0.3, 0.4) is 0 Å². The Labute approximate surface area is 111 Å². The fourth-order valence-electron chi connectivity index (χ4n) is 1.36. The molecule has 0 aliphatic carbocycles. The van der Waals surface area contributed by atoms with E-state index in [1.807, 2.05) is 6.92 Å². The molecule has 2 amide bonds. The zero-order chi connectivity index (χ0) is 13.5. The van der Waals surface area contributed by atoms with E-state index in [9.17, 15) is 9.59 Å². The summed E-state index contributed by atoms with van der Waals surface area (Å²) < 4.78 is 0. The van der Waals surface area contributed by atoms with Crippen molar-refractivity contribution in [2.45, 2.75) is 13.8 Å². The summed E-state index contributed by atoms with van der Waals surface area (Å²) in [4.78, 5) is 22.6. The molecule has 0 aromatic heterocycles. The Morgan fingerprint density at radius 2 is 1.94 bits per heavy atom. The number of thiocarbonyl (C=S) groups is 1. The smallest absolute Gasteiger partial charge is 0.253 e. The van der Waals surface area contributed by atoms with Gasteiger partial charge in [0.25, 0.3) is 5.91 Å². The molecule has 0 fully saturated rings. The molecule has 18 heavy (non-hydrogen) atoms. The number of rotatable bonds is 3. The molecule has 0 aliphatic heterocycles. The van der Waals surface area contributed by atoms with Gasteiger partial charge in [0.2, 0.25) is 5.91 Å². The Bertz CT molecular complexity index is 474. The van der Waals surface area contributed by atoms with Crippen LogP contribution < -0.4 is 16.0 Å². The maximum atomic E-state index is 11.8. The molecule has 0 atom stereocenters. The van der Waals surface area contributed by atoms with Crippen molar-refractivity contribution in [2.75, 3.05) is 11.9 Å². The van der Waals surface area contributed by atoms with Gasteiger partial charge in [-0.3, -0.25) is 9.59 Å². The highest BCUT2D eigenvalue weighted by Crippen LogP contribution is 2.14. The minimum atomic E-state index is -0.261. The molecule has 0 radical (unpaired) electrons. The maximum Gasteiger partial charge on any atom is 0.253 e. The lowest BCUT2D eigenvalue weighted by atomic mass is 10.1. The Balaban J connectivity index is 2.85. The van der Waals surface area contributed by atoms with Crippen LogP contribution in [0.2, 0.25) is 0 Å². The first kappa shape index (κ1) is 14.1. The SMILES string of the molecule is CCNC(=O)c1ccccc1NC(=S)NC(C)=O. The van der Waals surface area contributed by atoms with Crippen LogP contribution in [-0.2, 0) is 4.79 Å². The molecule has 1 aromatic carbocycles. The lowest BCUT2D eigenvalue weighted by Gasteiger charge is -2.12. The number of para-hydroxylation sites is 1. The first-order chi connectivity index (χ1) is 8.54. The van der Waals surface area contributed by atoms with Crippen molar-refractivity contribution >= 4 is 34.8 Å². The fraction of sp³-hybridized carbons (Fsp3) is 0.250. The van der Waals surface area contributed by atoms with E-state index in [4.69, 9.17) is 12.2 Å². The van der Waals surface area contributed by atoms with Crippen LogP contribution in [0.5, 0.6) is 0 Å². The van der Waals surface area contributed by atoms with Crippen molar-refractivity contribution in [3.63, 3.8) is 0 Å². The van der Waals surface area contributed by atoms with Gasteiger partial charge in [-0.2, -0.15) is 0 Å². The molecule has 1 aromatic rings. The van der Waals surface area contributed by atoms with Gasteiger partial charge in [-0.25, -0.2) is 0 Å². The van der Waals surface area contributed by atoms with Crippen molar-refractivity contribution in [3.8, 4) is 0 Å². The van der Waals surface area contributed by atoms with Crippen molar-refractivity contribution < 1.29 is 9.59 Å². The molecular weight excluding hydrogens is 250 g/mol. The lowest BCUT2D eigenvalue weighted by Crippen LogP contribution is -2.33. The molecule has 0 bridgehead atoms. The summed E-state index contributed by atoms with van der Waals surface area (Å²) in [6.07, 6.45) is 0. The van der Waals surface area contributed by atoms with E-state index < -0.39 is 0 Å². The third-order valence-corrected chi connectivity index (χ3v) is 2.25. The summed E-state index contributed by atoms with van der Waals surface area (Å²) in [6, 6.07) is 6.95. The molecule has 0 aliphatic rings. The monoisotopic (exact) mass is 265 g/mol. The van der Waals surface area contributed by atoms with Crippen molar-refractivity contribution in [3.05, 3.63) is 29.8 Å². The topological polar surface area (TPSA) is 70.2 Å². The van der Waals surface area contributed by atoms with Crippen LogP contribution in [0.25, 0.3) is 0 Å². The van der Waals surface area contributed by atoms with Crippen molar-refractivity contribution in [1.82, 2.24) is 10.6 Å². The second kappa shape index (κ2) is 6.70. The fourth-order valence-corrected chi connectivity index (χ4v) is 1.61. The van der Waals surface area contributed by atoms with Crippen LogP contribution >= 0.6 is 12.2 Å². The number of benzene rings is 1. The largest absolute Gasteiger partial charge is 0.352 e. The van der Waals surface area contributed by atoms with E-state index in [1.54, 1.807) is 24.3 Å². The van der Waals surface area contributed by atoms with Gasteiger partial charge in [-0.15, -0.1) is 0 Å². The first-order valence-corrected chi connectivity index (χ1v) is 5.91. The lowest BCUT2D eigenvalue weighted by molar-refractivity contribution is -0.117. The molecule has 0 unspecified atom stereocenters. The zero-order valence-corrected chi connectivity index (χ0v) is 11.1. The molecule has 6 heteroatoms. The third-order valence-electron chi connectivity index (χ3n) is 2.05. The van der Waals surface area contributed by atoms with E-state index >= 15 is 0 Å². The number of amides is 2. The van der Waals surface area contributed by atoms with Crippen molar-refractivity contribution in [1.29, 1.82) is 0 Å².